The van der Waals surface area contributed by atoms with Crippen molar-refractivity contribution in [2.24, 2.45) is 5.41 Å². The van der Waals surface area contributed by atoms with Gasteiger partial charge in [0.05, 0.1) is 5.56 Å². The first-order valence-electron chi connectivity index (χ1n) is 7.14. The molecule has 124 valence electrons. The Bertz CT molecular complexity index is 723. The van der Waals surface area contributed by atoms with Gasteiger partial charge in [-0.3, -0.25) is 4.79 Å². The van der Waals surface area contributed by atoms with Gasteiger partial charge in [-0.15, -0.1) is 10.2 Å². The quantitative estimate of drug-likeness (QED) is 0.749. The van der Waals surface area contributed by atoms with E-state index in [0.29, 0.717) is 27.2 Å². The van der Waals surface area contributed by atoms with Crippen molar-refractivity contribution in [1.82, 2.24) is 10.2 Å². The summed E-state index contributed by atoms with van der Waals surface area (Å²) in [6.07, 6.45) is 0.374. The number of carbonyl (C=O) groups is 1. The van der Waals surface area contributed by atoms with E-state index in [1.165, 1.54) is 11.3 Å². The SMILES string of the molecule is Cc1c(OCc2nnc(Br)s2)ccc(C(=O)CC(C)(C)C)c1O. The molecule has 0 aliphatic rings. The molecule has 7 heteroatoms. The summed E-state index contributed by atoms with van der Waals surface area (Å²) in [5.41, 5.74) is 0.759. The van der Waals surface area contributed by atoms with E-state index in [1.807, 2.05) is 20.8 Å². The van der Waals surface area contributed by atoms with Gasteiger partial charge in [0, 0.05) is 12.0 Å². The van der Waals surface area contributed by atoms with Crippen molar-refractivity contribution in [3.05, 3.63) is 32.2 Å². The molecule has 0 saturated carbocycles. The van der Waals surface area contributed by atoms with Gasteiger partial charge in [0.25, 0.3) is 0 Å². The van der Waals surface area contributed by atoms with Gasteiger partial charge in [-0.05, 0) is 40.4 Å². The van der Waals surface area contributed by atoms with Gasteiger partial charge in [0.15, 0.2) is 14.7 Å². The summed E-state index contributed by atoms with van der Waals surface area (Å²) < 4.78 is 6.36. The average molecular weight is 399 g/mol. The Morgan fingerprint density at radius 1 is 1.35 bits per heavy atom. The zero-order chi connectivity index (χ0) is 17.2. The first-order valence-corrected chi connectivity index (χ1v) is 8.75. The maximum Gasteiger partial charge on any atom is 0.183 e. The molecule has 0 atom stereocenters. The number of rotatable bonds is 5. The maximum absolute atomic E-state index is 12.3. The second kappa shape index (κ2) is 6.97. The fourth-order valence-corrected chi connectivity index (χ4v) is 3.19. The standard InChI is InChI=1S/C16H19BrN2O3S/c1-9-12(22-8-13-18-19-15(17)23-13)6-5-10(14(9)21)11(20)7-16(2,3)4/h5-6,21H,7-8H2,1-4H3. The first kappa shape index (κ1) is 17.9. The van der Waals surface area contributed by atoms with Crippen molar-refractivity contribution in [1.29, 1.82) is 0 Å². The van der Waals surface area contributed by atoms with Crippen LogP contribution in [0, 0.1) is 12.3 Å². The highest BCUT2D eigenvalue weighted by molar-refractivity contribution is 9.11. The number of hydrogen-bond acceptors (Lipinski definition) is 6. The number of ketones is 1. The van der Waals surface area contributed by atoms with E-state index in [2.05, 4.69) is 26.1 Å². The van der Waals surface area contributed by atoms with Gasteiger partial charge in [-0.25, -0.2) is 0 Å². The lowest BCUT2D eigenvalue weighted by Gasteiger charge is -2.18. The van der Waals surface area contributed by atoms with Crippen molar-refractivity contribution in [2.45, 2.75) is 40.7 Å². The van der Waals surface area contributed by atoms with E-state index in [0.717, 1.165) is 5.01 Å². The van der Waals surface area contributed by atoms with E-state index in [1.54, 1.807) is 19.1 Å². The second-order valence-corrected chi connectivity index (χ2v) is 8.82. The number of hydrogen-bond donors (Lipinski definition) is 1. The lowest BCUT2D eigenvalue weighted by atomic mass is 9.87. The van der Waals surface area contributed by atoms with Crippen LogP contribution in [-0.4, -0.2) is 21.1 Å². The van der Waals surface area contributed by atoms with Crippen LogP contribution in [-0.2, 0) is 6.61 Å². The third-order valence-corrected chi connectivity index (χ3v) is 4.50. The van der Waals surface area contributed by atoms with Crippen LogP contribution in [0.5, 0.6) is 11.5 Å². The highest BCUT2D eigenvalue weighted by atomic mass is 79.9. The summed E-state index contributed by atoms with van der Waals surface area (Å²) in [5, 5.41) is 18.8. The molecule has 0 fully saturated rings. The smallest absolute Gasteiger partial charge is 0.183 e. The molecule has 2 aromatic rings. The minimum Gasteiger partial charge on any atom is -0.507 e. The number of aromatic hydroxyl groups is 1. The summed E-state index contributed by atoms with van der Waals surface area (Å²) >= 11 is 4.63. The minimum absolute atomic E-state index is 0.0183. The van der Waals surface area contributed by atoms with E-state index in [-0.39, 0.29) is 23.6 Å². The van der Waals surface area contributed by atoms with Gasteiger partial charge in [-0.2, -0.15) is 0 Å². The monoisotopic (exact) mass is 398 g/mol. The van der Waals surface area contributed by atoms with Gasteiger partial charge < -0.3 is 9.84 Å². The Labute approximate surface area is 147 Å². The molecule has 5 nitrogen and oxygen atoms in total. The lowest BCUT2D eigenvalue weighted by molar-refractivity contribution is 0.0937. The summed E-state index contributed by atoms with van der Waals surface area (Å²) in [6.45, 7) is 7.97. The van der Waals surface area contributed by atoms with Crippen molar-refractivity contribution in [2.75, 3.05) is 0 Å². The van der Waals surface area contributed by atoms with E-state index < -0.39 is 0 Å². The van der Waals surface area contributed by atoms with Crippen LogP contribution in [0.3, 0.4) is 0 Å². The molecule has 0 radical (unpaired) electrons. The molecule has 0 saturated heterocycles. The van der Waals surface area contributed by atoms with Gasteiger partial charge in [-0.1, -0.05) is 32.1 Å². The Kier molecular flexibility index (Phi) is 5.41. The highest BCUT2D eigenvalue weighted by Gasteiger charge is 2.21. The van der Waals surface area contributed by atoms with E-state index >= 15 is 0 Å². The maximum atomic E-state index is 12.3. The van der Waals surface area contributed by atoms with Gasteiger partial charge in [0.2, 0.25) is 0 Å². The van der Waals surface area contributed by atoms with Crippen LogP contribution in [0.2, 0.25) is 0 Å². The number of benzene rings is 1. The molecule has 1 heterocycles. The fraction of sp³-hybridized carbons (Fsp3) is 0.438. The average Bonchev–Trinajstić information content (AvgIpc) is 2.84. The third kappa shape index (κ3) is 4.75. The molecule has 0 aliphatic heterocycles. The van der Waals surface area contributed by atoms with Gasteiger partial charge in [0.1, 0.15) is 18.1 Å². The van der Waals surface area contributed by atoms with E-state index in [4.69, 9.17) is 4.74 Å². The summed E-state index contributed by atoms with van der Waals surface area (Å²) in [7, 11) is 0. The Morgan fingerprint density at radius 2 is 2.04 bits per heavy atom. The Morgan fingerprint density at radius 3 is 2.61 bits per heavy atom. The largest absolute Gasteiger partial charge is 0.507 e. The molecule has 1 N–H and O–H groups in total. The normalized spacial score (nSPS) is 11.5. The number of aromatic nitrogens is 2. The molecule has 0 bridgehead atoms. The lowest BCUT2D eigenvalue weighted by Crippen LogP contribution is -2.13. The number of Topliss-reactive ketones (excluding diaryl/α,β-unsaturated/α-hetero) is 1. The van der Waals surface area contributed by atoms with Crippen molar-refractivity contribution >= 4 is 33.0 Å². The first-order chi connectivity index (χ1) is 10.7. The molecule has 1 aromatic heterocycles. The molecular formula is C16H19BrN2O3S. The summed E-state index contributed by atoms with van der Waals surface area (Å²) in [6, 6.07) is 3.32. The second-order valence-electron chi connectivity index (χ2n) is 6.48. The molecule has 0 aliphatic carbocycles. The fourth-order valence-electron chi connectivity index (χ4n) is 2.07. The van der Waals surface area contributed by atoms with Crippen LogP contribution < -0.4 is 4.74 Å². The van der Waals surface area contributed by atoms with Gasteiger partial charge >= 0.3 is 0 Å². The molecule has 23 heavy (non-hydrogen) atoms. The molecule has 0 amide bonds. The highest BCUT2D eigenvalue weighted by Crippen LogP contribution is 2.33. The van der Waals surface area contributed by atoms with Crippen molar-refractivity contribution in [3.8, 4) is 11.5 Å². The molecule has 2 rings (SSSR count). The predicted octanol–water partition coefficient (Wildman–Crippen LogP) is 4.51. The minimum atomic E-state index is -0.127. The summed E-state index contributed by atoms with van der Waals surface area (Å²) in [4.78, 5) is 12.3. The summed E-state index contributed by atoms with van der Waals surface area (Å²) in [5.74, 6) is 0.439. The topological polar surface area (TPSA) is 72.3 Å². The number of phenols is 1. The zero-order valence-corrected chi connectivity index (χ0v) is 15.9. The van der Waals surface area contributed by atoms with Crippen molar-refractivity contribution < 1.29 is 14.6 Å². The number of ether oxygens (including phenoxy) is 1. The number of nitrogens with zero attached hydrogens (tertiary/aromatic N) is 2. The van der Waals surface area contributed by atoms with Crippen LogP contribution in [0.1, 0.15) is 48.1 Å². The van der Waals surface area contributed by atoms with Crippen molar-refractivity contribution in [3.63, 3.8) is 0 Å². The zero-order valence-electron chi connectivity index (χ0n) is 13.5. The van der Waals surface area contributed by atoms with Crippen LogP contribution >= 0.6 is 27.3 Å². The Balaban J connectivity index is 2.15. The van der Waals surface area contributed by atoms with E-state index in [9.17, 15) is 9.90 Å². The third-order valence-electron chi connectivity index (χ3n) is 3.17. The molecule has 0 spiro atoms. The predicted molar refractivity (Wildman–Crippen MR) is 93.2 cm³/mol. The molecule has 1 aromatic carbocycles. The molecular weight excluding hydrogens is 380 g/mol. The Hall–Kier alpha value is -1.47. The van der Waals surface area contributed by atoms with Crippen LogP contribution in [0.15, 0.2) is 16.0 Å². The number of carbonyl (C=O) groups excluding carboxylic acids is 1. The number of phenolic OH excluding ortho intramolecular Hbond substituents is 1. The van der Waals surface area contributed by atoms with Crippen LogP contribution in [0.4, 0.5) is 0 Å². The molecule has 0 unspecified atom stereocenters. The number of halogens is 1. The van der Waals surface area contributed by atoms with Crippen LogP contribution in [0.25, 0.3) is 0 Å².